The summed E-state index contributed by atoms with van der Waals surface area (Å²) in [4.78, 5) is 33.3. The predicted molar refractivity (Wildman–Crippen MR) is 98.0 cm³/mol. The lowest BCUT2D eigenvalue weighted by molar-refractivity contribution is -0.147. The van der Waals surface area contributed by atoms with Crippen molar-refractivity contribution in [2.45, 2.75) is 57.7 Å². The largest absolute Gasteiger partial charge is 0.462 e. The van der Waals surface area contributed by atoms with E-state index in [1.807, 2.05) is 13.8 Å². The first-order chi connectivity index (χ1) is 11.4. The number of rotatable bonds is 4. The van der Waals surface area contributed by atoms with Crippen LogP contribution in [0.2, 0.25) is 0 Å². The van der Waals surface area contributed by atoms with Crippen molar-refractivity contribution >= 4 is 39.3 Å². The number of carbonyl (C=O) groups is 1. The standard InChI is InChI=1S/C17H22N2O3S2/c1-9-4-6-12(7-5-9)22-13(20)8-23-17-18-15(21)14-10(2)11(3)24-16(14)19-17/h9,12H,4-8H2,1-3H3,(H,18,19,21). The molecule has 1 fully saturated rings. The Morgan fingerprint density at radius 2 is 2.04 bits per heavy atom. The quantitative estimate of drug-likeness (QED) is 0.506. The Morgan fingerprint density at radius 1 is 1.33 bits per heavy atom. The predicted octanol–water partition coefficient (Wildman–Crippen LogP) is 3.82. The molecule has 24 heavy (non-hydrogen) atoms. The number of esters is 1. The van der Waals surface area contributed by atoms with Crippen molar-refractivity contribution in [3.05, 3.63) is 20.8 Å². The Kier molecular flexibility index (Phi) is 5.30. The van der Waals surface area contributed by atoms with Crippen LogP contribution in [0.25, 0.3) is 10.2 Å². The summed E-state index contributed by atoms with van der Waals surface area (Å²) >= 11 is 2.74. The molecule has 1 saturated carbocycles. The van der Waals surface area contributed by atoms with Crippen LogP contribution in [0.1, 0.15) is 43.0 Å². The molecular formula is C17H22N2O3S2. The number of nitrogens with zero attached hydrogens (tertiary/aromatic N) is 1. The second-order valence-electron chi connectivity index (χ2n) is 6.49. The molecule has 0 aromatic carbocycles. The van der Waals surface area contributed by atoms with E-state index in [1.54, 1.807) is 0 Å². The fourth-order valence-electron chi connectivity index (χ4n) is 3.00. The highest BCUT2D eigenvalue weighted by Gasteiger charge is 2.21. The van der Waals surface area contributed by atoms with Crippen LogP contribution in [0, 0.1) is 19.8 Å². The van der Waals surface area contributed by atoms with E-state index in [-0.39, 0.29) is 23.4 Å². The Labute approximate surface area is 149 Å². The van der Waals surface area contributed by atoms with Gasteiger partial charge in [0.1, 0.15) is 10.9 Å². The van der Waals surface area contributed by atoms with Gasteiger partial charge in [-0.15, -0.1) is 11.3 Å². The lowest BCUT2D eigenvalue weighted by Gasteiger charge is -2.25. The minimum atomic E-state index is -0.235. The molecular weight excluding hydrogens is 344 g/mol. The molecule has 7 heteroatoms. The molecule has 0 amide bonds. The monoisotopic (exact) mass is 366 g/mol. The number of thioether (sulfide) groups is 1. The van der Waals surface area contributed by atoms with Gasteiger partial charge < -0.3 is 9.72 Å². The molecule has 0 spiro atoms. The number of aryl methyl sites for hydroxylation is 2. The molecule has 0 radical (unpaired) electrons. The Balaban J connectivity index is 1.61. The lowest BCUT2D eigenvalue weighted by Crippen LogP contribution is -2.24. The number of fused-ring (bicyclic) bond motifs is 1. The third-order valence-corrected chi connectivity index (χ3v) is 6.55. The average Bonchev–Trinajstić information content (AvgIpc) is 2.82. The molecule has 0 atom stereocenters. The van der Waals surface area contributed by atoms with E-state index >= 15 is 0 Å². The maximum absolute atomic E-state index is 12.2. The zero-order valence-corrected chi connectivity index (χ0v) is 15.8. The summed E-state index contributed by atoms with van der Waals surface area (Å²) in [6.45, 7) is 6.15. The summed E-state index contributed by atoms with van der Waals surface area (Å²) < 4.78 is 5.53. The normalized spacial score (nSPS) is 21.1. The molecule has 5 nitrogen and oxygen atoms in total. The minimum absolute atomic E-state index is 0.0476. The lowest BCUT2D eigenvalue weighted by atomic mass is 9.89. The van der Waals surface area contributed by atoms with Crippen LogP contribution in [0.5, 0.6) is 0 Å². The molecule has 0 aliphatic heterocycles. The highest BCUT2D eigenvalue weighted by atomic mass is 32.2. The molecule has 0 saturated heterocycles. The molecule has 1 aliphatic rings. The molecule has 1 N–H and O–H groups in total. The van der Waals surface area contributed by atoms with Gasteiger partial charge >= 0.3 is 5.97 Å². The summed E-state index contributed by atoms with van der Waals surface area (Å²) in [5.74, 6) is 0.665. The van der Waals surface area contributed by atoms with E-state index in [9.17, 15) is 9.59 Å². The number of nitrogens with one attached hydrogen (secondary N) is 1. The van der Waals surface area contributed by atoms with E-state index in [0.717, 1.165) is 46.9 Å². The van der Waals surface area contributed by atoms with Crippen molar-refractivity contribution < 1.29 is 9.53 Å². The molecule has 0 bridgehead atoms. The Bertz CT molecular complexity index is 804. The van der Waals surface area contributed by atoms with E-state index in [4.69, 9.17) is 4.74 Å². The summed E-state index contributed by atoms with van der Waals surface area (Å²) in [5.41, 5.74) is 0.838. The van der Waals surface area contributed by atoms with Crippen LogP contribution < -0.4 is 5.56 Å². The van der Waals surface area contributed by atoms with Crippen LogP contribution in [0.15, 0.2) is 9.95 Å². The Hall–Kier alpha value is -1.34. The van der Waals surface area contributed by atoms with Crippen molar-refractivity contribution in [2.75, 3.05) is 5.75 Å². The molecule has 2 heterocycles. The third kappa shape index (κ3) is 3.83. The van der Waals surface area contributed by atoms with Crippen LogP contribution in [0.3, 0.4) is 0 Å². The van der Waals surface area contributed by atoms with Gasteiger partial charge in [0.05, 0.1) is 11.1 Å². The number of ether oxygens (including phenoxy) is 1. The van der Waals surface area contributed by atoms with Crippen LogP contribution in [-0.2, 0) is 9.53 Å². The minimum Gasteiger partial charge on any atom is -0.462 e. The van der Waals surface area contributed by atoms with E-state index < -0.39 is 0 Å². The topological polar surface area (TPSA) is 72.0 Å². The van der Waals surface area contributed by atoms with Crippen LogP contribution >= 0.6 is 23.1 Å². The van der Waals surface area contributed by atoms with Crippen molar-refractivity contribution in [1.29, 1.82) is 0 Å². The Morgan fingerprint density at radius 3 is 2.75 bits per heavy atom. The number of aromatic nitrogens is 2. The van der Waals surface area contributed by atoms with E-state index in [1.165, 1.54) is 23.1 Å². The first-order valence-corrected chi connectivity index (χ1v) is 10.1. The fraction of sp³-hybridized carbons (Fsp3) is 0.588. The fourth-order valence-corrected chi connectivity index (χ4v) is 4.73. The summed E-state index contributed by atoms with van der Waals surface area (Å²) in [6, 6.07) is 0. The van der Waals surface area contributed by atoms with Gasteiger partial charge in [-0.3, -0.25) is 9.59 Å². The smallest absolute Gasteiger partial charge is 0.316 e. The molecule has 2 aromatic heterocycles. The average molecular weight is 367 g/mol. The van der Waals surface area contributed by atoms with Crippen molar-refractivity contribution in [2.24, 2.45) is 5.92 Å². The van der Waals surface area contributed by atoms with E-state index in [2.05, 4.69) is 16.9 Å². The SMILES string of the molecule is Cc1sc2nc(SCC(=O)OC3CCC(C)CC3)[nH]c(=O)c2c1C. The van der Waals surface area contributed by atoms with Gasteiger partial charge in [-0.1, -0.05) is 18.7 Å². The second kappa shape index (κ2) is 7.27. The molecule has 1 aliphatic carbocycles. The van der Waals surface area contributed by atoms with Crippen LogP contribution in [-0.4, -0.2) is 27.8 Å². The van der Waals surface area contributed by atoms with Gasteiger partial charge in [-0.25, -0.2) is 4.98 Å². The number of H-pyrrole nitrogens is 1. The van der Waals surface area contributed by atoms with Gasteiger partial charge in [0, 0.05) is 4.88 Å². The number of thiophene rings is 1. The number of hydrogen-bond acceptors (Lipinski definition) is 6. The molecule has 3 rings (SSSR count). The summed E-state index contributed by atoms with van der Waals surface area (Å²) in [5, 5.41) is 1.13. The molecule has 2 aromatic rings. The van der Waals surface area contributed by atoms with Crippen LogP contribution in [0.4, 0.5) is 0 Å². The molecule has 130 valence electrons. The zero-order valence-electron chi connectivity index (χ0n) is 14.2. The van der Waals surface area contributed by atoms with Crippen molar-refractivity contribution in [3.63, 3.8) is 0 Å². The van der Waals surface area contributed by atoms with Gasteiger partial charge in [-0.2, -0.15) is 0 Å². The third-order valence-electron chi connectivity index (χ3n) is 4.61. The number of hydrogen-bond donors (Lipinski definition) is 1. The maximum atomic E-state index is 12.2. The van der Waals surface area contributed by atoms with Gasteiger partial charge in [0.2, 0.25) is 0 Å². The summed E-state index contributed by atoms with van der Waals surface area (Å²) in [7, 11) is 0. The number of carbonyl (C=O) groups excluding carboxylic acids is 1. The first kappa shape index (κ1) is 17.5. The molecule has 0 unspecified atom stereocenters. The van der Waals surface area contributed by atoms with Gasteiger partial charge in [0.25, 0.3) is 5.56 Å². The van der Waals surface area contributed by atoms with Crippen molar-refractivity contribution in [1.82, 2.24) is 9.97 Å². The zero-order chi connectivity index (χ0) is 17.3. The first-order valence-electron chi connectivity index (χ1n) is 8.26. The second-order valence-corrected chi connectivity index (χ2v) is 8.66. The van der Waals surface area contributed by atoms with Crippen molar-refractivity contribution in [3.8, 4) is 0 Å². The maximum Gasteiger partial charge on any atom is 0.316 e. The highest BCUT2D eigenvalue weighted by Crippen LogP contribution is 2.28. The van der Waals surface area contributed by atoms with Gasteiger partial charge in [0.15, 0.2) is 5.16 Å². The van der Waals surface area contributed by atoms with E-state index in [0.29, 0.717) is 10.5 Å². The highest BCUT2D eigenvalue weighted by molar-refractivity contribution is 7.99. The number of aromatic amines is 1. The van der Waals surface area contributed by atoms with Gasteiger partial charge in [-0.05, 0) is 51.0 Å². The summed E-state index contributed by atoms with van der Waals surface area (Å²) in [6.07, 6.45) is 4.19.